The van der Waals surface area contributed by atoms with Crippen molar-refractivity contribution in [1.29, 1.82) is 0 Å². The van der Waals surface area contributed by atoms with Crippen molar-refractivity contribution in [1.82, 2.24) is 0 Å². The largest absolute Gasteiger partial charge is 0.481 e. The normalized spacial score (nSPS) is 17.6. The van der Waals surface area contributed by atoms with Gasteiger partial charge in [-0.1, -0.05) is 12.8 Å². The van der Waals surface area contributed by atoms with Crippen molar-refractivity contribution in [3.05, 3.63) is 33.9 Å². The second-order valence-electron chi connectivity index (χ2n) is 4.62. The predicted octanol–water partition coefficient (Wildman–Crippen LogP) is 2.07. The van der Waals surface area contributed by atoms with Gasteiger partial charge in [-0.15, -0.1) is 0 Å². The molecule has 1 aliphatic rings. The molecule has 1 aliphatic carbocycles. The maximum atomic E-state index is 11.5. The summed E-state index contributed by atoms with van der Waals surface area (Å²) in [4.78, 5) is 21.8. The van der Waals surface area contributed by atoms with Crippen molar-refractivity contribution >= 4 is 17.3 Å². The maximum absolute atomic E-state index is 11.5. The van der Waals surface area contributed by atoms with E-state index >= 15 is 0 Å². The molecule has 1 aromatic rings. The number of benzene rings is 1. The summed E-state index contributed by atoms with van der Waals surface area (Å²) in [5.41, 5.74) is 5.31. The van der Waals surface area contributed by atoms with E-state index in [1.807, 2.05) is 0 Å². The van der Waals surface area contributed by atoms with Crippen LogP contribution in [0.3, 0.4) is 0 Å². The van der Waals surface area contributed by atoms with Crippen molar-refractivity contribution < 1.29 is 14.8 Å². The van der Waals surface area contributed by atoms with Gasteiger partial charge in [-0.25, -0.2) is 0 Å². The number of nitro benzene ring substituents is 1. The molecule has 18 heavy (non-hydrogen) atoms. The second-order valence-corrected chi connectivity index (χ2v) is 4.62. The van der Waals surface area contributed by atoms with E-state index in [9.17, 15) is 20.0 Å². The Morgan fingerprint density at radius 2 is 2.00 bits per heavy atom. The summed E-state index contributed by atoms with van der Waals surface area (Å²) in [5.74, 6) is -0.952. The van der Waals surface area contributed by atoms with Crippen molar-refractivity contribution in [2.75, 3.05) is 5.73 Å². The Morgan fingerprint density at radius 1 is 1.39 bits per heavy atom. The Kier molecular flexibility index (Phi) is 2.94. The lowest BCUT2D eigenvalue weighted by atomic mass is 9.78. The Bertz CT molecular complexity index is 507. The molecule has 2 rings (SSSR count). The van der Waals surface area contributed by atoms with Crippen molar-refractivity contribution in [3.8, 4) is 0 Å². The molecule has 1 aromatic carbocycles. The van der Waals surface area contributed by atoms with E-state index in [2.05, 4.69) is 0 Å². The van der Waals surface area contributed by atoms with E-state index in [4.69, 9.17) is 5.73 Å². The summed E-state index contributed by atoms with van der Waals surface area (Å²) in [7, 11) is 0. The third-order valence-electron chi connectivity index (χ3n) is 3.63. The number of aliphatic carboxylic acids is 1. The first-order valence-corrected chi connectivity index (χ1v) is 5.75. The molecule has 0 aliphatic heterocycles. The fourth-order valence-corrected chi connectivity index (χ4v) is 2.65. The molecular weight excluding hydrogens is 236 g/mol. The van der Waals surface area contributed by atoms with Crippen LogP contribution in [0.4, 0.5) is 11.4 Å². The number of anilines is 1. The molecule has 1 saturated carbocycles. The van der Waals surface area contributed by atoms with Crippen LogP contribution < -0.4 is 5.73 Å². The fourth-order valence-electron chi connectivity index (χ4n) is 2.65. The molecule has 0 aromatic heterocycles. The molecule has 1 fully saturated rings. The minimum atomic E-state index is -1.06. The second kappa shape index (κ2) is 4.29. The number of carboxylic acids is 1. The predicted molar refractivity (Wildman–Crippen MR) is 65.3 cm³/mol. The molecule has 6 nitrogen and oxygen atoms in total. The maximum Gasteiger partial charge on any atom is 0.314 e. The van der Waals surface area contributed by atoms with Gasteiger partial charge in [0.05, 0.1) is 10.3 Å². The molecular formula is C12H14N2O4. The molecule has 0 atom stereocenters. The summed E-state index contributed by atoms with van der Waals surface area (Å²) < 4.78 is 0. The number of carbonyl (C=O) groups is 1. The molecule has 0 amide bonds. The standard InChI is InChI=1S/C12H14N2O4/c13-10-4-3-8(14(17)18)7-9(10)12(11(15)16)5-1-2-6-12/h3-4,7H,1-2,5-6,13H2,(H,15,16). The molecule has 0 heterocycles. The summed E-state index contributed by atoms with van der Waals surface area (Å²) in [6.45, 7) is 0. The summed E-state index contributed by atoms with van der Waals surface area (Å²) in [5, 5.41) is 20.2. The number of hydrogen-bond acceptors (Lipinski definition) is 4. The smallest absolute Gasteiger partial charge is 0.314 e. The van der Waals surface area contributed by atoms with Gasteiger partial charge in [0.2, 0.25) is 0 Å². The van der Waals surface area contributed by atoms with Crippen LogP contribution in [0.1, 0.15) is 31.2 Å². The molecule has 6 heteroatoms. The summed E-state index contributed by atoms with van der Waals surface area (Å²) >= 11 is 0. The quantitative estimate of drug-likeness (QED) is 0.485. The van der Waals surface area contributed by atoms with Crippen LogP contribution in [-0.4, -0.2) is 16.0 Å². The Balaban J connectivity index is 2.57. The number of nitro groups is 1. The number of carboxylic acid groups (broad SMARTS) is 1. The lowest BCUT2D eigenvalue weighted by Gasteiger charge is -2.25. The number of nitrogen functional groups attached to an aromatic ring is 1. The molecule has 0 radical (unpaired) electrons. The number of nitrogens with two attached hydrogens (primary N) is 1. The highest BCUT2D eigenvalue weighted by atomic mass is 16.6. The van der Waals surface area contributed by atoms with Gasteiger partial charge in [0.25, 0.3) is 5.69 Å². The van der Waals surface area contributed by atoms with E-state index in [-0.39, 0.29) is 5.69 Å². The molecule has 0 spiro atoms. The first-order chi connectivity index (χ1) is 8.47. The topological polar surface area (TPSA) is 106 Å². The van der Waals surface area contributed by atoms with E-state index < -0.39 is 16.3 Å². The lowest BCUT2D eigenvalue weighted by molar-refractivity contribution is -0.384. The number of non-ortho nitro benzene ring substituents is 1. The summed E-state index contributed by atoms with van der Waals surface area (Å²) in [6, 6.07) is 4.01. The number of nitrogens with zero attached hydrogens (tertiary/aromatic N) is 1. The third-order valence-corrected chi connectivity index (χ3v) is 3.63. The van der Waals surface area contributed by atoms with Crippen LogP contribution in [-0.2, 0) is 10.2 Å². The van der Waals surface area contributed by atoms with Gasteiger partial charge >= 0.3 is 5.97 Å². The van der Waals surface area contributed by atoms with Gasteiger partial charge in [0.15, 0.2) is 0 Å². The average Bonchev–Trinajstić information content (AvgIpc) is 2.79. The van der Waals surface area contributed by atoms with Crippen LogP contribution >= 0.6 is 0 Å². The van der Waals surface area contributed by atoms with Crippen LogP contribution in [0.25, 0.3) is 0 Å². The van der Waals surface area contributed by atoms with Gasteiger partial charge in [-0.3, -0.25) is 14.9 Å². The molecule has 3 N–H and O–H groups in total. The van der Waals surface area contributed by atoms with Gasteiger partial charge in [0, 0.05) is 17.8 Å². The van der Waals surface area contributed by atoms with Gasteiger partial charge in [0.1, 0.15) is 0 Å². The molecule has 0 unspecified atom stereocenters. The zero-order valence-corrected chi connectivity index (χ0v) is 9.76. The Morgan fingerprint density at radius 3 is 2.50 bits per heavy atom. The van der Waals surface area contributed by atoms with Gasteiger partial charge in [-0.05, 0) is 24.5 Å². The van der Waals surface area contributed by atoms with E-state index in [0.717, 1.165) is 12.8 Å². The molecule has 0 bridgehead atoms. The minimum Gasteiger partial charge on any atom is -0.481 e. The van der Waals surface area contributed by atoms with Crippen LogP contribution in [0.5, 0.6) is 0 Å². The first-order valence-electron chi connectivity index (χ1n) is 5.75. The SMILES string of the molecule is Nc1ccc([N+](=O)[O-])cc1C1(C(=O)O)CCCC1. The van der Waals surface area contributed by atoms with E-state index in [0.29, 0.717) is 24.1 Å². The van der Waals surface area contributed by atoms with Crippen LogP contribution in [0.2, 0.25) is 0 Å². The van der Waals surface area contributed by atoms with Crippen LogP contribution in [0, 0.1) is 10.1 Å². The zero-order valence-electron chi connectivity index (χ0n) is 9.76. The highest BCUT2D eigenvalue weighted by Gasteiger charge is 2.44. The van der Waals surface area contributed by atoms with Gasteiger partial charge < -0.3 is 10.8 Å². The molecule has 0 saturated heterocycles. The average molecular weight is 250 g/mol. The van der Waals surface area contributed by atoms with Gasteiger partial charge in [-0.2, -0.15) is 0 Å². The Labute approximate surface area is 104 Å². The van der Waals surface area contributed by atoms with Crippen molar-refractivity contribution in [3.63, 3.8) is 0 Å². The number of rotatable bonds is 3. The third kappa shape index (κ3) is 1.79. The van der Waals surface area contributed by atoms with E-state index in [1.165, 1.54) is 18.2 Å². The highest BCUT2D eigenvalue weighted by Crippen LogP contribution is 2.44. The van der Waals surface area contributed by atoms with Crippen molar-refractivity contribution in [2.24, 2.45) is 0 Å². The Hall–Kier alpha value is -2.11. The zero-order chi connectivity index (χ0) is 13.3. The van der Waals surface area contributed by atoms with E-state index in [1.54, 1.807) is 0 Å². The highest BCUT2D eigenvalue weighted by molar-refractivity contribution is 5.84. The first kappa shape index (κ1) is 12.3. The lowest BCUT2D eigenvalue weighted by Crippen LogP contribution is -2.33. The number of hydrogen-bond donors (Lipinski definition) is 2. The monoisotopic (exact) mass is 250 g/mol. The van der Waals surface area contributed by atoms with Crippen LogP contribution in [0.15, 0.2) is 18.2 Å². The fraction of sp³-hybridized carbons (Fsp3) is 0.417. The van der Waals surface area contributed by atoms with Crippen molar-refractivity contribution in [2.45, 2.75) is 31.1 Å². The summed E-state index contributed by atoms with van der Waals surface area (Å²) in [6.07, 6.45) is 2.56. The minimum absolute atomic E-state index is 0.119. The molecule has 96 valence electrons.